The van der Waals surface area contributed by atoms with E-state index in [0.717, 1.165) is 24.5 Å². The number of nitrogens with one attached hydrogen (secondary N) is 1. The van der Waals surface area contributed by atoms with Gasteiger partial charge >= 0.3 is 0 Å². The van der Waals surface area contributed by atoms with Crippen LogP contribution in [0.2, 0.25) is 0 Å². The van der Waals surface area contributed by atoms with E-state index in [4.69, 9.17) is 5.84 Å². The molecule has 0 aromatic carbocycles. The second-order valence-corrected chi connectivity index (χ2v) is 3.72. The molecule has 1 aliphatic rings. The maximum atomic E-state index is 9.43. The summed E-state index contributed by atoms with van der Waals surface area (Å²) >= 11 is 0. The molecule has 0 bridgehead atoms. The number of aryl methyl sites for hydroxylation is 1. The Labute approximate surface area is 88.1 Å². The van der Waals surface area contributed by atoms with Crippen LogP contribution in [0.5, 0.6) is 0 Å². The molecule has 0 aliphatic carbocycles. The van der Waals surface area contributed by atoms with Crippen molar-refractivity contribution in [2.75, 3.05) is 23.4 Å². The van der Waals surface area contributed by atoms with Crippen molar-refractivity contribution in [1.29, 1.82) is 0 Å². The lowest BCUT2D eigenvalue weighted by Crippen LogP contribution is -2.23. The third-order valence-electron chi connectivity index (χ3n) is 2.46. The van der Waals surface area contributed by atoms with Gasteiger partial charge in [0, 0.05) is 24.8 Å². The normalized spacial score (nSPS) is 20.7. The molecule has 4 N–H and O–H groups in total. The Morgan fingerprint density at radius 3 is 3.00 bits per heavy atom. The van der Waals surface area contributed by atoms with Crippen LogP contribution in [0.4, 0.5) is 11.8 Å². The van der Waals surface area contributed by atoms with Crippen molar-refractivity contribution in [3.63, 3.8) is 0 Å². The van der Waals surface area contributed by atoms with E-state index < -0.39 is 0 Å². The zero-order valence-corrected chi connectivity index (χ0v) is 8.64. The Kier molecular flexibility index (Phi) is 2.70. The number of aliphatic hydroxyl groups is 1. The number of hydrogen-bond acceptors (Lipinski definition) is 6. The minimum Gasteiger partial charge on any atom is -0.391 e. The predicted octanol–water partition coefficient (Wildman–Crippen LogP) is -0.358. The highest BCUT2D eigenvalue weighted by molar-refractivity contribution is 5.45. The summed E-state index contributed by atoms with van der Waals surface area (Å²) in [6.07, 6.45) is 0.531. The zero-order chi connectivity index (χ0) is 10.8. The number of anilines is 2. The van der Waals surface area contributed by atoms with E-state index in [0.29, 0.717) is 12.5 Å². The maximum Gasteiger partial charge on any atom is 0.239 e. The lowest BCUT2D eigenvalue weighted by molar-refractivity contribution is 0.198. The summed E-state index contributed by atoms with van der Waals surface area (Å²) in [5.74, 6) is 6.49. The number of nitrogens with zero attached hydrogens (tertiary/aromatic N) is 3. The molecule has 15 heavy (non-hydrogen) atoms. The number of nitrogen functional groups attached to an aromatic ring is 1. The van der Waals surface area contributed by atoms with Crippen LogP contribution in [-0.2, 0) is 0 Å². The van der Waals surface area contributed by atoms with Crippen LogP contribution < -0.4 is 16.2 Å². The van der Waals surface area contributed by atoms with Gasteiger partial charge in [0.2, 0.25) is 5.95 Å². The van der Waals surface area contributed by atoms with Gasteiger partial charge in [0.15, 0.2) is 0 Å². The van der Waals surface area contributed by atoms with Gasteiger partial charge in [0.05, 0.1) is 6.10 Å². The molecule has 1 aromatic rings. The molecule has 6 heteroatoms. The Morgan fingerprint density at radius 2 is 2.40 bits per heavy atom. The molecular formula is C9H15N5O. The van der Waals surface area contributed by atoms with Crippen LogP contribution in [0.1, 0.15) is 12.1 Å². The third-order valence-corrected chi connectivity index (χ3v) is 2.46. The van der Waals surface area contributed by atoms with Crippen LogP contribution in [-0.4, -0.2) is 34.3 Å². The molecule has 0 radical (unpaired) electrons. The van der Waals surface area contributed by atoms with Crippen molar-refractivity contribution >= 4 is 11.8 Å². The van der Waals surface area contributed by atoms with Gasteiger partial charge in [-0.05, 0) is 13.3 Å². The largest absolute Gasteiger partial charge is 0.391 e. The van der Waals surface area contributed by atoms with E-state index in [2.05, 4.69) is 15.4 Å². The third kappa shape index (κ3) is 2.16. The Bertz CT molecular complexity index is 356. The fraction of sp³-hybridized carbons (Fsp3) is 0.556. The van der Waals surface area contributed by atoms with Gasteiger partial charge in [-0.2, -0.15) is 4.98 Å². The molecule has 6 nitrogen and oxygen atoms in total. The molecule has 2 heterocycles. The maximum absolute atomic E-state index is 9.43. The van der Waals surface area contributed by atoms with Gasteiger partial charge in [-0.1, -0.05) is 0 Å². The van der Waals surface area contributed by atoms with Crippen LogP contribution in [0, 0.1) is 6.92 Å². The summed E-state index contributed by atoms with van der Waals surface area (Å²) in [7, 11) is 0. The summed E-state index contributed by atoms with van der Waals surface area (Å²) in [5, 5.41) is 9.43. The highest BCUT2D eigenvalue weighted by Gasteiger charge is 2.21. The Balaban J connectivity index is 2.24. The molecule has 0 spiro atoms. The van der Waals surface area contributed by atoms with E-state index in [1.165, 1.54) is 0 Å². The van der Waals surface area contributed by atoms with E-state index in [9.17, 15) is 5.11 Å². The first kappa shape index (κ1) is 10.1. The fourth-order valence-corrected chi connectivity index (χ4v) is 1.73. The molecule has 1 aliphatic heterocycles. The van der Waals surface area contributed by atoms with E-state index >= 15 is 0 Å². The smallest absolute Gasteiger partial charge is 0.239 e. The number of rotatable bonds is 2. The second-order valence-electron chi connectivity index (χ2n) is 3.72. The first-order valence-corrected chi connectivity index (χ1v) is 4.94. The van der Waals surface area contributed by atoms with Gasteiger partial charge in [-0.3, -0.25) is 5.43 Å². The topological polar surface area (TPSA) is 87.3 Å². The molecule has 1 fully saturated rings. The van der Waals surface area contributed by atoms with Gasteiger partial charge in [-0.15, -0.1) is 0 Å². The molecule has 0 amide bonds. The lowest BCUT2D eigenvalue weighted by atomic mass is 10.3. The van der Waals surface area contributed by atoms with Gasteiger partial charge < -0.3 is 10.0 Å². The van der Waals surface area contributed by atoms with Crippen molar-refractivity contribution in [1.82, 2.24) is 9.97 Å². The van der Waals surface area contributed by atoms with E-state index in [1.807, 2.05) is 17.9 Å². The number of aromatic nitrogens is 2. The molecule has 1 atom stereocenters. The number of β-amino-alcohol motifs (C(OH)–C–C–N with tert-alkyl or cyclic N) is 1. The second kappa shape index (κ2) is 4.00. The highest BCUT2D eigenvalue weighted by Crippen LogP contribution is 2.19. The monoisotopic (exact) mass is 209 g/mol. The van der Waals surface area contributed by atoms with Crippen molar-refractivity contribution < 1.29 is 5.11 Å². The van der Waals surface area contributed by atoms with Crippen LogP contribution in [0.3, 0.4) is 0 Å². The summed E-state index contributed by atoms with van der Waals surface area (Å²) in [6.45, 7) is 3.33. The summed E-state index contributed by atoms with van der Waals surface area (Å²) in [6, 6.07) is 1.89. The molecule has 1 aromatic heterocycles. The molecule has 82 valence electrons. The summed E-state index contributed by atoms with van der Waals surface area (Å²) < 4.78 is 0. The van der Waals surface area contributed by atoms with Crippen LogP contribution >= 0.6 is 0 Å². The molecule has 2 rings (SSSR count). The molecule has 1 saturated heterocycles. The van der Waals surface area contributed by atoms with E-state index in [-0.39, 0.29) is 6.10 Å². The minimum absolute atomic E-state index is 0.255. The van der Waals surface area contributed by atoms with Crippen molar-refractivity contribution in [3.05, 3.63) is 11.8 Å². The molecule has 1 unspecified atom stereocenters. The SMILES string of the molecule is Cc1cc(N2CCC(O)C2)nc(NN)n1. The van der Waals surface area contributed by atoms with Crippen LogP contribution in [0.15, 0.2) is 6.07 Å². The lowest BCUT2D eigenvalue weighted by Gasteiger charge is -2.17. The van der Waals surface area contributed by atoms with Gasteiger partial charge in [0.1, 0.15) is 5.82 Å². The fourth-order valence-electron chi connectivity index (χ4n) is 1.73. The minimum atomic E-state index is -0.255. The Hall–Kier alpha value is -1.40. The highest BCUT2D eigenvalue weighted by atomic mass is 16.3. The standard InChI is InChI=1S/C9H15N5O/c1-6-4-8(12-9(11-6)13-10)14-3-2-7(15)5-14/h4,7,15H,2-3,5,10H2,1H3,(H,11,12,13). The van der Waals surface area contributed by atoms with Crippen molar-refractivity contribution in [2.24, 2.45) is 5.84 Å². The summed E-state index contributed by atoms with van der Waals surface area (Å²) in [4.78, 5) is 10.4. The average Bonchev–Trinajstić information content (AvgIpc) is 2.64. The molecule has 0 saturated carbocycles. The van der Waals surface area contributed by atoms with E-state index in [1.54, 1.807) is 0 Å². The zero-order valence-electron chi connectivity index (χ0n) is 8.64. The molecular weight excluding hydrogens is 194 g/mol. The van der Waals surface area contributed by atoms with Crippen molar-refractivity contribution in [3.8, 4) is 0 Å². The predicted molar refractivity (Wildman–Crippen MR) is 57.4 cm³/mol. The number of nitrogens with two attached hydrogens (primary N) is 1. The average molecular weight is 209 g/mol. The van der Waals surface area contributed by atoms with Gasteiger partial charge in [-0.25, -0.2) is 10.8 Å². The van der Waals surface area contributed by atoms with Crippen molar-refractivity contribution in [2.45, 2.75) is 19.4 Å². The quantitative estimate of drug-likeness (QED) is 0.455. The van der Waals surface area contributed by atoms with Gasteiger partial charge in [0.25, 0.3) is 0 Å². The first-order chi connectivity index (χ1) is 7.19. The Morgan fingerprint density at radius 1 is 1.60 bits per heavy atom. The first-order valence-electron chi connectivity index (χ1n) is 4.94. The van der Waals surface area contributed by atoms with Crippen LogP contribution in [0.25, 0.3) is 0 Å². The number of aliphatic hydroxyl groups excluding tert-OH is 1. The summed E-state index contributed by atoms with van der Waals surface area (Å²) in [5.41, 5.74) is 3.29. The number of hydrogen-bond donors (Lipinski definition) is 3. The number of hydrazine groups is 1.